The third-order valence-corrected chi connectivity index (χ3v) is 3.09. The van der Waals surface area contributed by atoms with Gasteiger partial charge in [-0.2, -0.15) is 0 Å². The molecule has 1 heterocycles. The first kappa shape index (κ1) is 12.8. The molecule has 0 aliphatic heterocycles. The standard InChI is InChI=1S/C14H13BrN2O/c1-10-4-2-3-5-11(10)8-14(18)17-13-9-12(15)6-7-16-13/h2-7,9H,8H2,1H3,(H,16,17,18). The van der Waals surface area contributed by atoms with Gasteiger partial charge in [0.15, 0.2) is 0 Å². The minimum absolute atomic E-state index is 0.0603. The minimum atomic E-state index is -0.0603. The molecule has 0 spiro atoms. The molecule has 0 radical (unpaired) electrons. The lowest BCUT2D eigenvalue weighted by Gasteiger charge is -2.06. The van der Waals surface area contributed by atoms with Crippen LogP contribution in [0.4, 0.5) is 5.82 Å². The second-order valence-corrected chi connectivity index (χ2v) is 4.93. The molecule has 2 aromatic rings. The van der Waals surface area contributed by atoms with E-state index in [0.29, 0.717) is 12.2 Å². The summed E-state index contributed by atoms with van der Waals surface area (Å²) in [7, 11) is 0. The van der Waals surface area contributed by atoms with Crippen molar-refractivity contribution in [1.29, 1.82) is 0 Å². The van der Waals surface area contributed by atoms with Crippen LogP contribution in [0.5, 0.6) is 0 Å². The molecule has 1 N–H and O–H groups in total. The van der Waals surface area contributed by atoms with Gasteiger partial charge in [0.25, 0.3) is 0 Å². The highest BCUT2D eigenvalue weighted by atomic mass is 79.9. The van der Waals surface area contributed by atoms with Gasteiger partial charge in [-0.25, -0.2) is 4.98 Å². The Labute approximate surface area is 114 Å². The Balaban J connectivity index is 2.03. The van der Waals surface area contributed by atoms with Crippen LogP contribution in [0.15, 0.2) is 47.1 Å². The van der Waals surface area contributed by atoms with Gasteiger partial charge in [0, 0.05) is 10.7 Å². The third-order valence-electron chi connectivity index (χ3n) is 2.60. The van der Waals surface area contributed by atoms with Crippen molar-refractivity contribution < 1.29 is 4.79 Å². The van der Waals surface area contributed by atoms with E-state index in [0.717, 1.165) is 15.6 Å². The van der Waals surface area contributed by atoms with Crippen LogP contribution < -0.4 is 5.32 Å². The lowest BCUT2D eigenvalue weighted by molar-refractivity contribution is -0.115. The Morgan fingerprint density at radius 2 is 2.11 bits per heavy atom. The molecule has 0 aliphatic rings. The maximum Gasteiger partial charge on any atom is 0.229 e. The van der Waals surface area contributed by atoms with E-state index in [1.54, 1.807) is 12.3 Å². The molecule has 0 unspecified atom stereocenters. The minimum Gasteiger partial charge on any atom is -0.310 e. The predicted octanol–water partition coefficient (Wildman–Crippen LogP) is 3.33. The second kappa shape index (κ2) is 5.78. The number of nitrogens with one attached hydrogen (secondary N) is 1. The summed E-state index contributed by atoms with van der Waals surface area (Å²) in [5.41, 5.74) is 2.15. The maximum absolute atomic E-state index is 11.9. The van der Waals surface area contributed by atoms with E-state index in [1.807, 2.05) is 37.3 Å². The number of aromatic nitrogens is 1. The summed E-state index contributed by atoms with van der Waals surface area (Å²) in [6.45, 7) is 2.00. The van der Waals surface area contributed by atoms with Crippen molar-refractivity contribution in [3.05, 3.63) is 58.2 Å². The average molecular weight is 305 g/mol. The van der Waals surface area contributed by atoms with Crippen LogP contribution in [-0.2, 0) is 11.2 Å². The third kappa shape index (κ3) is 3.40. The van der Waals surface area contributed by atoms with Crippen molar-refractivity contribution in [2.45, 2.75) is 13.3 Å². The number of carbonyl (C=O) groups is 1. The van der Waals surface area contributed by atoms with Crippen LogP contribution in [0.3, 0.4) is 0 Å². The number of rotatable bonds is 3. The van der Waals surface area contributed by atoms with E-state index in [4.69, 9.17) is 0 Å². The van der Waals surface area contributed by atoms with Gasteiger partial charge in [0.2, 0.25) is 5.91 Å². The van der Waals surface area contributed by atoms with Gasteiger partial charge in [-0.1, -0.05) is 40.2 Å². The number of benzene rings is 1. The highest BCUT2D eigenvalue weighted by molar-refractivity contribution is 9.10. The van der Waals surface area contributed by atoms with Crippen LogP contribution in [0.1, 0.15) is 11.1 Å². The van der Waals surface area contributed by atoms with Gasteiger partial charge in [0.1, 0.15) is 5.82 Å². The van der Waals surface area contributed by atoms with Gasteiger partial charge >= 0.3 is 0 Å². The van der Waals surface area contributed by atoms with E-state index < -0.39 is 0 Å². The molecule has 92 valence electrons. The molecule has 3 nitrogen and oxygen atoms in total. The molecule has 0 fully saturated rings. The molecule has 2 rings (SSSR count). The molecule has 0 saturated carbocycles. The monoisotopic (exact) mass is 304 g/mol. The summed E-state index contributed by atoms with van der Waals surface area (Å²) < 4.78 is 0.892. The first-order valence-corrected chi connectivity index (χ1v) is 6.40. The van der Waals surface area contributed by atoms with Crippen molar-refractivity contribution in [3.63, 3.8) is 0 Å². The van der Waals surface area contributed by atoms with Crippen molar-refractivity contribution in [3.8, 4) is 0 Å². The number of nitrogens with zero attached hydrogens (tertiary/aromatic N) is 1. The van der Waals surface area contributed by atoms with Crippen LogP contribution in [-0.4, -0.2) is 10.9 Å². The fourth-order valence-electron chi connectivity index (χ4n) is 1.64. The summed E-state index contributed by atoms with van der Waals surface area (Å²) in [5, 5.41) is 2.78. The number of amides is 1. The predicted molar refractivity (Wildman–Crippen MR) is 75.4 cm³/mol. The van der Waals surface area contributed by atoms with E-state index in [9.17, 15) is 4.79 Å². The molecule has 0 bridgehead atoms. The van der Waals surface area contributed by atoms with Crippen LogP contribution in [0.2, 0.25) is 0 Å². The number of aryl methyl sites for hydroxylation is 1. The zero-order valence-electron chi connectivity index (χ0n) is 9.98. The highest BCUT2D eigenvalue weighted by Crippen LogP contribution is 2.13. The smallest absolute Gasteiger partial charge is 0.229 e. The molecular weight excluding hydrogens is 292 g/mol. The Morgan fingerprint density at radius 3 is 2.83 bits per heavy atom. The normalized spacial score (nSPS) is 10.1. The zero-order valence-corrected chi connectivity index (χ0v) is 11.6. The van der Waals surface area contributed by atoms with E-state index in [1.165, 1.54) is 0 Å². The Bertz CT molecular complexity index is 569. The summed E-state index contributed by atoms with van der Waals surface area (Å²) in [5.74, 6) is 0.498. The number of hydrogen-bond donors (Lipinski definition) is 1. The second-order valence-electron chi connectivity index (χ2n) is 4.01. The Morgan fingerprint density at radius 1 is 1.33 bits per heavy atom. The van der Waals surface area contributed by atoms with E-state index in [-0.39, 0.29) is 5.91 Å². The molecule has 0 aliphatic carbocycles. The molecular formula is C14H13BrN2O. The number of carbonyl (C=O) groups excluding carboxylic acids is 1. The summed E-state index contributed by atoms with van der Waals surface area (Å²) in [6.07, 6.45) is 2.01. The van der Waals surface area contributed by atoms with E-state index >= 15 is 0 Å². The molecule has 0 atom stereocenters. The Kier molecular flexibility index (Phi) is 4.10. The van der Waals surface area contributed by atoms with Crippen molar-refractivity contribution in [1.82, 2.24) is 4.98 Å². The van der Waals surface area contributed by atoms with Gasteiger partial charge in [0.05, 0.1) is 6.42 Å². The molecule has 18 heavy (non-hydrogen) atoms. The fourth-order valence-corrected chi connectivity index (χ4v) is 1.98. The van der Waals surface area contributed by atoms with Gasteiger partial charge in [-0.15, -0.1) is 0 Å². The van der Waals surface area contributed by atoms with Gasteiger partial charge < -0.3 is 5.32 Å². The van der Waals surface area contributed by atoms with Crippen LogP contribution in [0.25, 0.3) is 0 Å². The van der Waals surface area contributed by atoms with Crippen molar-refractivity contribution in [2.24, 2.45) is 0 Å². The average Bonchev–Trinajstić information content (AvgIpc) is 2.32. The lowest BCUT2D eigenvalue weighted by Crippen LogP contribution is -2.15. The molecule has 1 amide bonds. The zero-order chi connectivity index (χ0) is 13.0. The first-order chi connectivity index (χ1) is 8.65. The number of pyridine rings is 1. The number of halogens is 1. The number of anilines is 1. The maximum atomic E-state index is 11.9. The highest BCUT2D eigenvalue weighted by Gasteiger charge is 2.06. The largest absolute Gasteiger partial charge is 0.310 e. The number of hydrogen-bond acceptors (Lipinski definition) is 2. The van der Waals surface area contributed by atoms with E-state index in [2.05, 4.69) is 26.2 Å². The van der Waals surface area contributed by atoms with Gasteiger partial charge in [-0.3, -0.25) is 4.79 Å². The Hall–Kier alpha value is -1.68. The lowest BCUT2D eigenvalue weighted by atomic mass is 10.1. The molecule has 0 saturated heterocycles. The van der Waals surface area contributed by atoms with Crippen molar-refractivity contribution in [2.75, 3.05) is 5.32 Å². The fraction of sp³-hybridized carbons (Fsp3) is 0.143. The quantitative estimate of drug-likeness (QED) is 0.945. The molecule has 1 aromatic carbocycles. The van der Waals surface area contributed by atoms with Crippen molar-refractivity contribution >= 4 is 27.7 Å². The first-order valence-electron chi connectivity index (χ1n) is 5.61. The summed E-state index contributed by atoms with van der Waals surface area (Å²) in [4.78, 5) is 16.0. The van der Waals surface area contributed by atoms with Gasteiger partial charge in [-0.05, 0) is 30.2 Å². The molecule has 4 heteroatoms. The SMILES string of the molecule is Cc1ccccc1CC(=O)Nc1cc(Br)ccn1. The molecule has 1 aromatic heterocycles. The topological polar surface area (TPSA) is 42.0 Å². The summed E-state index contributed by atoms with van der Waals surface area (Å²) in [6, 6.07) is 11.5. The van der Waals surface area contributed by atoms with Crippen LogP contribution in [0, 0.1) is 6.92 Å². The van der Waals surface area contributed by atoms with Crippen LogP contribution >= 0.6 is 15.9 Å². The summed E-state index contributed by atoms with van der Waals surface area (Å²) >= 11 is 3.34.